The first-order valence-corrected chi connectivity index (χ1v) is 4.77. The van der Waals surface area contributed by atoms with E-state index in [0.717, 1.165) is 18.9 Å². The van der Waals surface area contributed by atoms with Crippen LogP contribution in [0.15, 0.2) is 0 Å². The molecule has 0 aromatic carbocycles. The highest BCUT2D eigenvalue weighted by molar-refractivity contribution is 8.11. The molecule has 0 saturated carbocycles. The van der Waals surface area contributed by atoms with Crippen LogP contribution in [-0.2, 0) is 0 Å². The van der Waals surface area contributed by atoms with Gasteiger partial charge in [0, 0.05) is 0 Å². The molecule has 0 aliphatic carbocycles. The summed E-state index contributed by atoms with van der Waals surface area (Å²) in [6.07, 6.45) is 2.74. The Morgan fingerprint density at radius 3 is 3.00 bits per heavy atom. The third-order valence-corrected chi connectivity index (χ3v) is 2.21. The van der Waals surface area contributed by atoms with E-state index >= 15 is 0 Å². The van der Waals surface area contributed by atoms with E-state index in [9.17, 15) is 0 Å². The quantitative estimate of drug-likeness (QED) is 0.427. The van der Waals surface area contributed by atoms with Crippen molar-refractivity contribution < 1.29 is 0 Å². The van der Waals surface area contributed by atoms with E-state index in [1.807, 2.05) is 0 Å². The SMILES string of the molecule is CC1CCNC(NC(=S)S)C1. The van der Waals surface area contributed by atoms with E-state index in [0.29, 0.717) is 10.5 Å². The average Bonchev–Trinajstić information content (AvgIpc) is 1.85. The predicted molar refractivity (Wildman–Crippen MR) is 54.9 cm³/mol. The highest BCUT2D eigenvalue weighted by atomic mass is 32.1. The van der Waals surface area contributed by atoms with Gasteiger partial charge in [-0.15, -0.1) is 12.6 Å². The van der Waals surface area contributed by atoms with Crippen molar-refractivity contribution in [3.8, 4) is 0 Å². The molecule has 0 bridgehead atoms. The van der Waals surface area contributed by atoms with Gasteiger partial charge in [-0.2, -0.15) is 0 Å². The zero-order chi connectivity index (χ0) is 8.27. The molecule has 2 nitrogen and oxygen atoms in total. The Bertz CT molecular complexity index is 149. The van der Waals surface area contributed by atoms with Gasteiger partial charge in [0.25, 0.3) is 0 Å². The molecule has 1 fully saturated rings. The number of hydrogen-bond donors (Lipinski definition) is 3. The summed E-state index contributed by atoms with van der Waals surface area (Å²) in [6.45, 7) is 3.34. The van der Waals surface area contributed by atoms with Crippen molar-refractivity contribution in [1.82, 2.24) is 10.6 Å². The van der Waals surface area contributed by atoms with Gasteiger partial charge in [-0.05, 0) is 25.3 Å². The summed E-state index contributed by atoms with van der Waals surface area (Å²) in [5, 5.41) is 6.43. The van der Waals surface area contributed by atoms with Crippen molar-refractivity contribution >= 4 is 29.2 Å². The van der Waals surface area contributed by atoms with Crippen LogP contribution in [0.4, 0.5) is 0 Å². The van der Waals surface area contributed by atoms with Crippen LogP contribution in [0.25, 0.3) is 0 Å². The standard InChI is InChI=1S/C7H14N2S2/c1-5-2-3-8-6(4-5)9-7(10)11/h5-6,8H,2-4H2,1H3,(H2,9,10,11). The first-order valence-electron chi connectivity index (χ1n) is 3.91. The van der Waals surface area contributed by atoms with E-state index < -0.39 is 0 Å². The second-order valence-electron chi connectivity index (χ2n) is 3.09. The molecule has 0 amide bonds. The van der Waals surface area contributed by atoms with E-state index in [1.165, 1.54) is 6.42 Å². The van der Waals surface area contributed by atoms with Crippen molar-refractivity contribution in [2.45, 2.75) is 25.9 Å². The molecule has 2 atom stereocenters. The third-order valence-electron chi connectivity index (χ3n) is 1.96. The van der Waals surface area contributed by atoms with Gasteiger partial charge < -0.3 is 5.32 Å². The Morgan fingerprint density at radius 2 is 2.45 bits per heavy atom. The van der Waals surface area contributed by atoms with Crippen LogP contribution < -0.4 is 10.6 Å². The van der Waals surface area contributed by atoms with Gasteiger partial charge in [-0.3, -0.25) is 5.32 Å². The summed E-state index contributed by atoms with van der Waals surface area (Å²) >= 11 is 8.85. The van der Waals surface area contributed by atoms with Gasteiger partial charge in [0.05, 0.1) is 6.17 Å². The number of piperidine rings is 1. The topological polar surface area (TPSA) is 24.1 Å². The van der Waals surface area contributed by atoms with Gasteiger partial charge in [0.2, 0.25) is 0 Å². The minimum Gasteiger partial charge on any atom is -0.356 e. The molecule has 1 saturated heterocycles. The maximum absolute atomic E-state index is 4.83. The summed E-state index contributed by atoms with van der Waals surface area (Å²) in [4.78, 5) is 0. The highest BCUT2D eigenvalue weighted by Gasteiger charge is 2.17. The Kier molecular flexibility index (Phi) is 3.62. The molecule has 4 heteroatoms. The highest BCUT2D eigenvalue weighted by Crippen LogP contribution is 2.13. The van der Waals surface area contributed by atoms with Gasteiger partial charge in [0.1, 0.15) is 4.32 Å². The number of thiol groups is 1. The maximum Gasteiger partial charge on any atom is 0.131 e. The number of nitrogens with one attached hydrogen (secondary N) is 2. The van der Waals surface area contributed by atoms with Crippen molar-refractivity contribution in [3.63, 3.8) is 0 Å². The third kappa shape index (κ3) is 3.40. The second-order valence-corrected chi connectivity index (χ2v) is 4.24. The first kappa shape index (κ1) is 9.29. The van der Waals surface area contributed by atoms with Crippen LogP contribution in [0.5, 0.6) is 0 Å². The molecule has 2 unspecified atom stereocenters. The summed E-state index contributed by atoms with van der Waals surface area (Å²) < 4.78 is 0.580. The largest absolute Gasteiger partial charge is 0.356 e. The van der Waals surface area contributed by atoms with Crippen molar-refractivity contribution in [1.29, 1.82) is 0 Å². The monoisotopic (exact) mass is 190 g/mol. The lowest BCUT2D eigenvalue weighted by Crippen LogP contribution is -2.48. The van der Waals surface area contributed by atoms with E-state index in [1.54, 1.807) is 0 Å². The van der Waals surface area contributed by atoms with Gasteiger partial charge in [-0.1, -0.05) is 19.1 Å². The lowest BCUT2D eigenvalue weighted by molar-refractivity contribution is 0.308. The first-order chi connectivity index (χ1) is 5.18. The minimum atomic E-state index is 0.337. The minimum absolute atomic E-state index is 0.337. The molecule has 1 rings (SSSR count). The molecule has 1 aliphatic heterocycles. The van der Waals surface area contributed by atoms with Gasteiger partial charge in [-0.25, -0.2) is 0 Å². The van der Waals surface area contributed by atoms with Crippen LogP contribution in [0.3, 0.4) is 0 Å². The Balaban J connectivity index is 2.28. The maximum atomic E-state index is 4.83. The fraction of sp³-hybridized carbons (Fsp3) is 0.857. The predicted octanol–water partition coefficient (Wildman–Crippen LogP) is 1.14. The normalized spacial score (nSPS) is 31.5. The lowest BCUT2D eigenvalue weighted by Gasteiger charge is -2.28. The summed E-state index contributed by atoms with van der Waals surface area (Å²) in [5.74, 6) is 0.788. The molecular formula is C7H14N2S2. The molecule has 1 aliphatic rings. The van der Waals surface area contributed by atoms with Crippen LogP contribution >= 0.6 is 24.8 Å². The van der Waals surface area contributed by atoms with Crippen molar-refractivity contribution in [3.05, 3.63) is 0 Å². The van der Waals surface area contributed by atoms with Gasteiger partial charge >= 0.3 is 0 Å². The molecular weight excluding hydrogens is 176 g/mol. The number of thiocarbonyl (C=S) groups is 1. The van der Waals surface area contributed by atoms with Crippen LogP contribution in [0, 0.1) is 5.92 Å². The van der Waals surface area contributed by atoms with Gasteiger partial charge in [0.15, 0.2) is 0 Å². The molecule has 0 aromatic heterocycles. The van der Waals surface area contributed by atoms with Crippen molar-refractivity contribution in [2.24, 2.45) is 5.92 Å². The molecule has 1 heterocycles. The van der Waals surface area contributed by atoms with Crippen LogP contribution in [-0.4, -0.2) is 17.0 Å². The molecule has 2 N–H and O–H groups in total. The Morgan fingerprint density at radius 1 is 1.73 bits per heavy atom. The summed E-state index contributed by atoms with van der Waals surface area (Å²) in [6, 6.07) is 0. The molecule has 0 aromatic rings. The number of hydrogen-bond acceptors (Lipinski definition) is 2. The average molecular weight is 190 g/mol. The fourth-order valence-corrected chi connectivity index (χ4v) is 1.66. The molecule has 0 spiro atoms. The Labute approximate surface area is 78.5 Å². The summed E-state index contributed by atoms with van der Waals surface area (Å²) in [5.41, 5.74) is 0. The number of rotatable bonds is 1. The zero-order valence-corrected chi connectivity index (χ0v) is 8.34. The molecule has 64 valence electrons. The van der Waals surface area contributed by atoms with Crippen molar-refractivity contribution in [2.75, 3.05) is 6.54 Å². The summed E-state index contributed by atoms with van der Waals surface area (Å²) in [7, 11) is 0. The van der Waals surface area contributed by atoms with E-state index in [4.69, 9.17) is 12.2 Å². The molecule has 0 radical (unpaired) electrons. The lowest BCUT2D eigenvalue weighted by atomic mass is 9.98. The fourth-order valence-electron chi connectivity index (χ4n) is 1.37. The van der Waals surface area contributed by atoms with E-state index in [-0.39, 0.29) is 0 Å². The smallest absolute Gasteiger partial charge is 0.131 e. The molecule has 11 heavy (non-hydrogen) atoms. The Hall–Kier alpha value is 0.200. The second kappa shape index (κ2) is 4.28. The zero-order valence-electron chi connectivity index (χ0n) is 6.63. The van der Waals surface area contributed by atoms with Crippen LogP contribution in [0.2, 0.25) is 0 Å². The van der Waals surface area contributed by atoms with Crippen LogP contribution in [0.1, 0.15) is 19.8 Å². The van der Waals surface area contributed by atoms with E-state index in [2.05, 4.69) is 30.2 Å².